The Morgan fingerprint density at radius 2 is 1.73 bits per heavy atom. The fourth-order valence-corrected chi connectivity index (χ4v) is 6.84. The molecule has 1 aliphatic rings. The SMILES string of the molecule is CCc1cccc(CC)c1-n1c(C=C(C)C)c(C(=O)N2CCC[C@@H](C)C2)cc(-c2nc(-c3ccc(C(F)(F)F)cc3)cs2)c1=O. The van der Waals surface area contributed by atoms with Gasteiger partial charge in [-0.1, -0.05) is 56.7 Å². The number of allylic oxidation sites excluding steroid dienone is 1. The van der Waals surface area contributed by atoms with E-state index in [1.807, 2.05) is 56.9 Å². The van der Waals surface area contributed by atoms with E-state index in [9.17, 15) is 22.8 Å². The fraction of sp³-hybridized carbons (Fsp3) is 0.361. The van der Waals surface area contributed by atoms with Crippen LogP contribution in [0.2, 0.25) is 0 Å². The predicted molar refractivity (Wildman–Crippen MR) is 176 cm³/mol. The van der Waals surface area contributed by atoms with Crippen LogP contribution >= 0.6 is 11.3 Å². The molecule has 2 aromatic carbocycles. The van der Waals surface area contributed by atoms with Gasteiger partial charge in [0.25, 0.3) is 11.5 Å². The zero-order chi connectivity index (χ0) is 32.5. The van der Waals surface area contributed by atoms with Crippen LogP contribution in [0.5, 0.6) is 0 Å². The van der Waals surface area contributed by atoms with Crippen LogP contribution in [0, 0.1) is 5.92 Å². The lowest BCUT2D eigenvalue weighted by Gasteiger charge is -2.32. The number of hydrogen-bond acceptors (Lipinski definition) is 4. The first kappa shape index (κ1) is 32.4. The van der Waals surface area contributed by atoms with E-state index in [-0.39, 0.29) is 17.0 Å². The first-order valence-corrected chi connectivity index (χ1v) is 16.3. The third-order valence-corrected chi connectivity index (χ3v) is 9.15. The molecule has 0 unspecified atom stereocenters. The maximum absolute atomic E-state index is 14.7. The minimum atomic E-state index is -4.44. The van der Waals surface area contributed by atoms with E-state index < -0.39 is 11.7 Å². The molecule has 0 spiro atoms. The fourth-order valence-electron chi connectivity index (χ4n) is 6.00. The van der Waals surface area contributed by atoms with Gasteiger partial charge >= 0.3 is 6.18 Å². The highest BCUT2D eigenvalue weighted by Crippen LogP contribution is 2.34. The molecule has 45 heavy (non-hydrogen) atoms. The molecule has 9 heteroatoms. The van der Waals surface area contributed by atoms with E-state index in [2.05, 4.69) is 6.92 Å². The van der Waals surface area contributed by atoms with Gasteiger partial charge in [-0.3, -0.25) is 14.2 Å². The number of piperidine rings is 1. The van der Waals surface area contributed by atoms with Gasteiger partial charge in [0, 0.05) is 24.0 Å². The first-order valence-electron chi connectivity index (χ1n) is 15.4. The van der Waals surface area contributed by atoms with Gasteiger partial charge in [-0.25, -0.2) is 4.98 Å². The average molecular weight is 634 g/mol. The number of alkyl halides is 3. The average Bonchev–Trinajstić information content (AvgIpc) is 3.50. The number of aryl methyl sites for hydroxylation is 2. The molecule has 1 fully saturated rings. The van der Waals surface area contributed by atoms with E-state index in [1.54, 1.807) is 16.0 Å². The topological polar surface area (TPSA) is 55.2 Å². The first-order chi connectivity index (χ1) is 21.4. The molecule has 0 aliphatic carbocycles. The lowest BCUT2D eigenvalue weighted by Crippen LogP contribution is -2.40. The Kier molecular flexibility index (Phi) is 9.49. The van der Waals surface area contributed by atoms with Crippen LogP contribution in [0.1, 0.15) is 80.2 Å². The van der Waals surface area contributed by atoms with E-state index in [1.165, 1.54) is 23.5 Å². The number of rotatable bonds is 7. The molecule has 1 aliphatic heterocycles. The van der Waals surface area contributed by atoms with Crippen LogP contribution in [-0.4, -0.2) is 33.4 Å². The standard InChI is InChI=1S/C36H38F3N3O2S/c1-6-24-11-8-12-25(7-2)32(24)42-31(18-22(3)4)28(34(43)41-17-9-10-23(5)20-41)19-29(35(42)44)33-40-30(21-45-33)26-13-15-27(16-14-26)36(37,38)39/h8,11-16,18-19,21,23H,6-7,9-10,17,20H2,1-5H3/t23-/m1/s1. The summed E-state index contributed by atoms with van der Waals surface area (Å²) in [5, 5.41) is 2.14. The molecule has 4 aromatic rings. The molecule has 236 valence electrons. The number of carbonyl (C=O) groups is 1. The third-order valence-electron chi connectivity index (χ3n) is 8.27. The van der Waals surface area contributed by atoms with Crippen LogP contribution in [0.25, 0.3) is 33.6 Å². The Bertz CT molecular complexity index is 1780. The number of benzene rings is 2. The van der Waals surface area contributed by atoms with Crippen LogP contribution in [0.4, 0.5) is 13.2 Å². The van der Waals surface area contributed by atoms with Crippen LogP contribution in [0.15, 0.2) is 64.3 Å². The number of pyridine rings is 1. The Balaban J connectivity index is 1.77. The van der Waals surface area contributed by atoms with E-state index in [0.717, 1.165) is 47.4 Å². The summed E-state index contributed by atoms with van der Waals surface area (Å²) in [7, 11) is 0. The number of carbonyl (C=O) groups excluding carboxylic acids is 1. The second-order valence-electron chi connectivity index (χ2n) is 12.0. The number of aromatic nitrogens is 2. The van der Waals surface area contributed by atoms with Crippen molar-refractivity contribution >= 4 is 23.3 Å². The predicted octanol–water partition coefficient (Wildman–Crippen LogP) is 9.07. The largest absolute Gasteiger partial charge is 0.416 e. The lowest BCUT2D eigenvalue weighted by molar-refractivity contribution is -0.137. The molecule has 5 rings (SSSR count). The molecule has 1 amide bonds. The van der Waals surface area contributed by atoms with E-state index >= 15 is 0 Å². The van der Waals surface area contributed by atoms with Crippen LogP contribution in [0.3, 0.4) is 0 Å². The Morgan fingerprint density at radius 1 is 1.07 bits per heavy atom. The maximum Gasteiger partial charge on any atom is 0.416 e. The molecular weight excluding hydrogens is 595 g/mol. The van der Waals surface area contributed by atoms with Crippen molar-refractivity contribution in [1.29, 1.82) is 0 Å². The van der Waals surface area contributed by atoms with Gasteiger partial charge in [0.15, 0.2) is 0 Å². The van der Waals surface area contributed by atoms with Gasteiger partial charge in [-0.2, -0.15) is 13.2 Å². The highest BCUT2D eigenvalue weighted by atomic mass is 32.1. The normalized spacial score (nSPS) is 15.3. The van der Waals surface area contributed by atoms with Crippen molar-refractivity contribution in [3.8, 4) is 27.5 Å². The molecule has 3 heterocycles. The maximum atomic E-state index is 14.7. The van der Waals surface area contributed by atoms with Gasteiger partial charge in [-0.05, 0) is 80.9 Å². The van der Waals surface area contributed by atoms with Crippen molar-refractivity contribution in [2.45, 2.75) is 66.5 Å². The summed E-state index contributed by atoms with van der Waals surface area (Å²) in [4.78, 5) is 35.6. The van der Waals surface area contributed by atoms with Gasteiger partial charge in [-0.15, -0.1) is 11.3 Å². The molecule has 0 bridgehead atoms. The number of amides is 1. The van der Waals surface area contributed by atoms with Gasteiger partial charge in [0.2, 0.25) is 0 Å². The zero-order valence-corrected chi connectivity index (χ0v) is 27.1. The summed E-state index contributed by atoms with van der Waals surface area (Å²) < 4.78 is 41.2. The molecule has 0 N–H and O–H groups in total. The number of hydrogen-bond donors (Lipinski definition) is 0. The van der Waals surface area contributed by atoms with Gasteiger partial charge in [0.05, 0.1) is 33.8 Å². The summed E-state index contributed by atoms with van der Waals surface area (Å²) in [6.07, 6.45) is 0.828. The van der Waals surface area contributed by atoms with Crippen molar-refractivity contribution in [2.75, 3.05) is 13.1 Å². The molecule has 1 saturated heterocycles. The summed E-state index contributed by atoms with van der Waals surface area (Å²) >= 11 is 1.23. The summed E-state index contributed by atoms with van der Waals surface area (Å²) in [5.74, 6) is 0.244. The molecule has 2 aromatic heterocycles. The van der Waals surface area contributed by atoms with Crippen molar-refractivity contribution in [1.82, 2.24) is 14.5 Å². The molecule has 5 nitrogen and oxygen atoms in total. The lowest BCUT2D eigenvalue weighted by atomic mass is 9.97. The quantitative estimate of drug-likeness (QED) is 0.204. The third kappa shape index (κ3) is 6.69. The smallest absolute Gasteiger partial charge is 0.338 e. The second-order valence-corrected chi connectivity index (χ2v) is 12.8. The van der Waals surface area contributed by atoms with Crippen molar-refractivity contribution in [2.24, 2.45) is 5.92 Å². The van der Waals surface area contributed by atoms with E-state index in [0.29, 0.717) is 59.4 Å². The number of likely N-dealkylation sites (tertiary alicyclic amines) is 1. The molecule has 0 saturated carbocycles. The zero-order valence-electron chi connectivity index (χ0n) is 26.3. The number of thiazole rings is 1. The van der Waals surface area contributed by atoms with Crippen LogP contribution < -0.4 is 5.56 Å². The monoisotopic (exact) mass is 633 g/mol. The van der Waals surface area contributed by atoms with Crippen molar-refractivity contribution in [3.63, 3.8) is 0 Å². The van der Waals surface area contributed by atoms with Gasteiger partial charge < -0.3 is 4.90 Å². The summed E-state index contributed by atoms with van der Waals surface area (Å²) in [6.45, 7) is 11.4. The second kappa shape index (κ2) is 13.2. The molecule has 0 radical (unpaired) electrons. The summed E-state index contributed by atoms with van der Waals surface area (Å²) in [6, 6.07) is 12.5. The van der Waals surface area contributed by atoms with Crippen LogP contribution in [-0.2, 0) is 19.0 Å². The molecular formula is C36H38F3N3O2S. The minimum absolute atomic E-state index is 0.129. The molecule has 1 atom stereocenters. The van der Waals surface area contributed by atoms with Crippen molar-refractivity contribution < 1.29 is 18.0 Å². The number of nitrogens with zero attached hydrogens (tertiary/aromatic N) is 3. The highest BCUT2D eigenvalue weighted by Gasteiger charge is 2.31. The minimum Gasteiger partial charge on any atom is -0.338 e. The van der Waals surface area contributed by atoms with E-state index in [4.69, 9.17) is 4.98 Å². The van der Waals surface area contributed by atoms with Crippen molar-refractivity contribution in [3.05, 3.63) is 97.8 Å². The Hall–Kier alpha value is -3.98. The number of para-hydroxylation sites is 1. The number of halogens is 3. The summed E-state index contributed by atoms with van der Waals surface area (Å²) in [5.41, 5.74) is 4.90. The van der Waals surface area contributed by atoms with Gasteiger partial charge in [0.1, 0.15) is 5.01 Å². The highest BCUT2D eigenvalue weighted by molar-refractivity contribution is 7.13. The Morgan fingerprint density at radius 3 is 2.31 bits per heavy atom. The Labute approximate surface area is 266 Å².